The largest absolute Gasteiger partial charge is 0.322 e. The zero-order valence-corrected chi connectivity index (χ0v) is 16.4. The molecule has 0 radical (unpaired) electrons. The van der Waals surface area contributed by atoms with Crippen LogP contribution in [0.4, 0.5) is 5.69 Å². The third-order valence-corrected chi connectivity index (χ3v) is 5.09. The normalized spacial score (nSPS) is 12.8. The number of nitrogens with zero attached hydrogens (tertiary/aromatic N) is 1. The highest BCUT2D eigenvalue weighted by atomic mass is 35.5. The van der Waals surface area contributed by atoms with Crippen LogP contribution in [0.5, 0.6) is 0 Å². The zero-order chi connectivity index (χ0) is 20.5. The Bertz CT molecular complexity index is 1120. The number of carbonyl (C=O) groups excluding carboxylic acids is 3. The molecular formula is C23H17ClN2O3. The molecule has 5 nitrogen and oxygen atoms in total. The summed E-state index contributed by atoms with van der Waals surface area (Å²) in [6.45, 7) is 1.98. The van der Waals surface area contributed by atoms with Gasteiger partial charge in [0.2, 0.25) is 0 Å². The molecule has 1 aliphatic rings. The zero-order valence-electron chi connectivity index (χ0n) is 15.6. The van der Waals surface area contributed by atoms with Gasteiger partial charge in [-0.2, -0.15) is 0 Å². The van der Waals surface area contributed by atoms with E-state index in [9.17, 15) is 14.4 Å². The van der Waals surface area contributed by atoms with Gasteiger partial charge in [0, 0.05) is 16.3 Å². The SMILES string of the molecule is Cc1ccc(Cl)cc1NC(=O)c1cccc(CN2C(=O)c3ccccc3C2=O)c1. The summed E-state index contributed by atoms with van der Waals surface area (Å²) in [6, 6.07) is 18.9. The predicted octanol–water partition coefficient (Wildman–Crippen LogP) is 4.70. The maximum Gasteiger partial charge on any atom is 0.261 e. The van der Waals surface area contributed by atoms with E-state index in [1.807, 2.05) is 13.0 Å². The first-order valence-corrected chi connectivity index (χ1v) is 9.43. The van der Waals surface area contributed by atoms with Gasteiger partial charge in [0.05, 0.1) is 17.7 Å². The average molecular weight is 405 g/mol. The van der Waals surface area contributed by atoms with E-state index in [0.29, 0.717) is 33.0 Å². The molecule has 0 unspecified atom stereocenters. The van der Waals surface area contributed by atoms with Gasteiger partial charge in [-0.25, -0.2) is 0 Å². The van der Waals surface area contributed by atoms with Gasteiger partial charge in [-0.1, -0.05) is 41.9 Å². The molecule has 3 amide bonds. The van der Waals surface area contributed by atoms with E-state index in [2.05, 4.69) is 5.32 Å². The van der Waals surface area contributed by atoms with E-state index in [1.54, 1.807) is 60.7 Å². The van der Waals surface area contributed by atoms with Gasteiger partial charge in [-0.3, -0.25) is 19.3 Å². The number of benzene rings is 3. The third kappa shape index (κ3) is 3.65. The summed E-state index contributed by atoms with van der Waals surface area (Å²) >= 11 is 6.01. The summed E-state index contributed by atoms with van der Waals surface area (Å²) in [5.74, 6) is -0.940. The summed E-state index contributed by atoms with van der Waals surface area (Å²) in [4.78, 5) is 39.0. The molecule has 3 aromatic carbocycles. The van der Waals surface area contributed by atoms with Gasteiger partial charge in [-0.15, -0.1) is 0 Å². The minimum atomic E-state index is -0.324. The topological polar surface area (TPSA) is 66.5 Å². The van der Waals surface area contributed by atoms with Crippen molar-refractivity contribution in [2.75, 3.05) is 5.32 Å². The number of carbonyl (C=O) groups is 3. The molecule has 6 heteroatoms. The molecule has 0 atom stereocenters. The maximum absolute atomic E-state index is 12.7. The summed E-state index contributed by atoms with van der Waals surface area (Å²) < 4.78 is 0. The monoisotopic (exact) mass is 404 g/mol. The molecule has 0 fully saturated rings. The van der Waals surface area contributed by atoms with Gasteiger partial charge in [0.15, 0.2) is 0 Å². The number of imide groups is 1. The Kier molecular flexibility index (Phi) is 4.91. The number of nitrogens with one attached hydrogen (secondary N) is 1. The number of halogens is 1. The fourth-order valence-electron chi connectivity index (χ4n) is 3.30. The fourth-order valence-corrected chi connectivity index (χ4v) is 3.47. The Labute approximate surface area is 172 Å². The van der Waals surface area contributed by atoms with E-state index in [-0.39, 0.29) is 24.3 Å². The molecular weight excluding hydrogens is 388 g/mol. The average Bonchev–Trinajstić information content (AvgIpc) is 2.96. The molecule has 1 N–H and O–H groups in total. The van der Waals surface area contributed by atoms with Crippen LogP contribution in [0.2, 0.25) is 5.02 Å². The highest BCUT2D eigenvalue weighted by Crippen LogP contribution is 2.25. The lowest BCUT2D eigenvalue weighted by Crippen LogP contribution is -2.29. The lowest BCUT2D eigenvalue weighted by Gasteiger charge is -2.15. The van der Waals surface area contributed by atoms with Crippen molar-refractivity contribution in [3.8, 4) is 0 Å². The van der Waals surface area contributed by atoms with Crippen LogP contribution >= 0.6 is 11.6 Å². The number of hydrogen-bond acceptors (Lipinski definition) is 3. The van der Waals surface area contributed by atoms with Crippen LogP contribution in [0.3, 0.4) is 0 Å². The number of rotatable bonds is 4. The standard InChI is InChI=1S/C23H17ClN2O3/c1-14-9-10-17(24)12-20(14)25-21(27)16-6-4-5-15(11-16)13-26-22(28)18-7-2-3-8-19(18)23(26)29/h2-12H,13H2,1H3,(H,25,27). The first kappa shape index (κ1) is 18.9. The molecule has 0 saturated carbocycles. The summed E-state index contributed by atoms with van der Waals surface area (Å²) in [7, 11) is 0. The molecule has 0 aromatic heterocycles. The highest BCUT2D eigenvalue weighted by molar-refractivity contribution is 6.31. The Morgan fingerprint density at radius 3 is 2.31 bits per heavy atom. The van der Waals surface area contributed by atoms with Crippen molar-refractivity contribution in [1.82, 2.24) is 4.90 Å². The molecule has 0 spiro atoms. The van der Waals surface area contributed by atoms with E-state index in [4.69, 9.17) is 11.6 Å². The van der Waals surface area contributed by atoms with Crippen molar-refractivity contribution in [1.29, 1.82) is 0 Å². The maximum atomic E-state index is 12.7. The second kappa shape index (κ2) is 7.53. The highest BCUT2D eigenvalue weighted by Gasteiger charge is 2.34. The molecule has 0 saturated heterocycles. The molecule has 4 rings (SSSR count). The van der Waals surface area contributed by atoms with Crippen LogP contribution in [-0.4, -0.2) is 22.6 Å². The van der Waals surface area contributed by atoms with Crippen molar-refractivity contribution in [2.45, 2.75) is 13.5 Å². The number of fused-ring (bicyclic) bond motifs is 1. The molecule has 3 aromatic rings. The summed E-state index contributed by atoms with van der Waals surface area (Å²) in [6.07, 6.45) is 0. The van der Waals surface area contributed by atoms with E-state index in [0.717, 1.165) is 5.56 Å². The summed E-state index contributed by atoms with van der Waals surface area (Å²) in [5.41, 5.74) is 3.46. The van der Waals surface area contributed by atoms with Crippen LogP contribution in [-0.2, 0) is 6.54 Å². The smallest absolute Gasteiger partial charge is 0.261 e. The predicted molar refractivity (Wildman–Crippen MR) is 111 cm³/mol. The van der Waals surface area contributed by atoms with Crippen LogP contribution in [0.1, 0.15) is 42.2 Å². The molecule has 0 bridgehead atoms. The van der Waals surface area contributed by atoms with Gasteiger partial charge in [0.1, 0.15) is 0 Å². The van der Waals surface area contributed by atoms with Crippen LogP contribution in [0, 0.1) is 6.92 Å². The number of amides is 3. The lowest BCUT2D eigenvalue weighted by molar-refractivity contribution is 0.0642. The lowest BCUT2D eigenvalue weighted by atomic mass is 10.1. The summed E-state index contributed by atoms with van der Waals surface area (Å²) in [5, 5.41) is 3.38. The van der Waals surface area contributed by atoms with Gasteiger partial charge < -0.3 is 5.32 Å². The number of aryl methyl sites for hydroxylation is 1. The Balaban J connectivity index is 1.54. The third-order valence-electron chi connectivity index (χ3n) is 4.86. The van der Waals surface area contributed by atoms with E-state index >= 15 is 0 Å². The first-order valence-electron chi connectivity index (χ1n) is 9.06. The molecule has 29 heavy (non-hydrogen) atoms. The minimum absolute atomic E-state index is 0.101. The first-order chi connectivity index (χ1) is 13.9. The molecule has 144 valence electrons. The van der Waals surface area contributed by atoms with Gasteiger partial charge >= 0.3 is 0 Å². The fraction of sp³-hybridized carbons (Fsp3) is 0.0870. The minimum Gasteiger partial charge on any atom is -0.322 e. The molecule has 1 aliphatic heterocycles. The Hall–Kier alpha value is -3.44. The molecule has 1 heterocycles. The van der Waals surface area contributed by atoms with Gasteiger partial charge in [0.25, 0.3) is 17.7 Å². The van der Waals surface area contributed by atoms with Crippen molar-refractivity contribution in [3.05, 3.63) is 99.6 Å². The van der Waals surface area contributed by atoms with Crippen LogP contribution in [0.15, 0.2) is 66.7 Å². The van der Waals surface area contributed by atoms with Gasteiger partial charge in [-0.05, 0) is 54.4 Å². The van der Waals surface area contributed by atoms with E-state index in [1.165, 1.54) is 4.90 Å². The second-order valence-corrected chi connectivity index (χ2v) is 7.29. The second-order valence-electron chi connectivity index (χ2n) is 6.86. The Morgan fingerprint density at radius 1 is 0.931 bits per heavy atom. The van der Waals surface area contributed by atoms with Crippen molar-refractivity contribution < 1.29 is 14.4 Å². The van der Waals surface area contributed by atoms with Crippen molar-refractivity contribution in [2.24, 2.45) is 0 Å². The van der Waals surface area contributed by atoms with Crippen molar-refractivity contribution >= 4 is 35.0 Å². The van der Waals surface area contributed by atoms with Crippen LogP contribution in [0.25, 0.3) is 0 Å². The number of anilines is 1. The Morgan fingerprint density at radius 2 is 1.62 bits per heavy atom. The van der Waals surface area contributed by atoms with E-state index < -0.39 is 0 Å². The number of hydrogen-bond donors (Lipinski definition) is 1. The van der Waals surface area contributed by atoms with Crippen LogP contribution < -0.4 is 5.32 Å². The van der Waals surface area contributed by atoms with Crippen molar-refractivity contribution in [3.63, 3.8) is 0 Å². The molecule has 0 aliphatic carbocycles. The quantitative estimate of drug-likeness (QED) is 0.641.